The van der Waals surface area contributed by atoms with E-state index >= 15 is 0 Å². The molecule has 0 radical (unpaired) electrons. The average molecular weight is 399 g/mol. The summed E-state index contributed by atoms with van der Waals surface area (Å²) in [5.41, 5.74) is 2.14. The fourth-order valence-electron chi connectivity index (χ4n) is 4.13. The van der Waals surface area contributed by atoms with E-state index in [1.54, 1.807) is 27.8 Å². The first kappa shape index (κ1) is 19.6. The Morgan fingerprint density at radius 3 is 2.72 bits per heavy atom. The van der Waals surface area contributed by atoms with Crippen LogP contribution >= 0.6 is 0 Å². The monoisotopic (exact) mass is 399 g/mol. The second-order valence-electron chi connectivity index (χ2n) is 7.89. The topological polar surface area (TPSA) is 64.4 Å². The number of benzene rings is 1. The predicted octanol–water partition coefficient (Wildman–Crippen LogP) is 2.58. The van der Waals surface area contributed by atoms with E-state index in [1.165, 1.54) is 12.1 Å². The van der Waals surface area contributed by atoms with Crippen LogP contribution in [-0.2, 0) is 24.2 Å². The molecule has 1 amide bonds. The van der Waals surface area contributed by atoms with Crippen molar-refractivity contribution in [2.24, 2.45) is 5.92 Å². The molecule has 1 aromatic carbocycles. The number of para-hydroxylation sites is 1. The first-order valence-electron chi connectivity index (χ1n) is 10.3. The van der Waals surface area contributed by atoms with Crippen LogP contribution in [0.25, 0.3) is 0 Å². The number of nitrogens with zero attached hydrogens (tertiary/aromatic N) is 3. The van der Waals surface area contributed by atoms with Gasteiger partial charge in [-0.25, -0.2) is 9.07 Å². The summed E-state index contributed by atoms with van der Waals surface area (Å²) in [6, 6.07) is 7.82. The number of likely N-dealkylation sites (tertiary alicyclic amines) is 1. The van der Waals surface area contributed by atoms with Crippen LogP contribution in [0.2, 0.25) is 0 Å². The van der Waals surface area contributed by atoms with Crippen molar-refractivity contribution >= 4 is 5.91 Å². The van der Waals surface area contributed by atoms with Gasteiger partial charge in [-0.05, 0) is 62.1 Å². The van der Waals surface area contributed by atoms with Gasteiger partial charge in [0.25, 0.3) is 11.5 Å². The molecule has 0 bridgehead atoms. The van der Waals surface area contributed by atoms with Crippen LogP contribution in [0.1, 0.15) is 36.9 Å². The number of aryl methyl sites for hydroxylation is 2. The summed E-state index contributed by atoms with van der Waals surface area (Å²) in [5.74, 6) is -0.204. The summed E-state index contributed by atoms with van der Waals surface area (Å²) in [4.78, 5) is 26.5. The lowest BCUT2D eigenvalue weighted by Gasteiger charge is -2.32. The molecular weight excluding hydrogens is 373 g/mol. The third-order valence-electron chi connectivity index (χ3n) is 5.86. The Morgan fingerprint density at radius 1 is 1.17 bits per heavy atom. The normalized spacial score (nSPS) is 17.1. The molecule has 0 N–H and O–H groups in total. The van der Waals surface area contributed by atoms with Crippen LogP contribution in [0.5, 0.6) is 5.75 Å². The van der Waals surface area contributed by atoms with Crippen LogP contribution in [0.15, 0.2) is 35.1 Å². The molecule has 6 nitrogen and oxygen atoms in total. The molecule has 1 aromatic heterocycles. The van der Waals surface area contributed by atoms with Gasteiger partial charge < -0.3 is 9.64 Å². The Labute approximate surface area is 169 Å². The molecule has 1 fully saturated rings. The summed E-state index contributed by atoms with van der Waals surface area (Å²) in [5, 5.41) is 4.60. The number of amides is 1. The molecule has 7 heteroatoms. The number of aromatic nitrogens is 2. The zero-order valence-electron chi connectivity index (χ0n) is 16.5. The van der Waals surface area contributed by atoms with Crippen molar-refractivity contribution in [2.45, 2.75) is 45.1 Å². The maximum absolute atomic E-state index is 13.6. The smallest absolute Gasteiger partial charge is 0.267 e. The maximum Gasteiger partial charge on any atom is 0.267 e. The first-order chi connectivity index (χ1) is 14.1. The fraction of sp³-hybridized carbons (Fsp3) is 0.500. The molecule has 0 spiro atoms. The summed E-state index contributed by atoms with van der Waals surface area (Å²) in [6.07, 6.45) is 5.80. The molecule has 2 heterocycles. The largest absolute Gasteiger partial charge is 0.481 e. The van der Waals surface area contributed by atoms with Crippen LogP contribution in [0.3, 0.4) is 0 Å². The van der Waals surface area contributed by atoms with E-state index in [4.69, 9.17) is 4.74 Å². The second kappa shape index (κ2) is 8.76. The second-order valence-corrected chi connectivity index (χ2v) is 7.89. The lowest BCUT2D eigenvalue weighted by molar-refractivity contribution is -0.134. The molecule has 2 aromatic rings. The highest BCUT2D eigenvalue weighted by Gasteiger charge is 2.24. The summed E-state index contributed by atoms with van der Waals surface area (Å²) in [6.45, 7) is 1.66. The Bertz CT molecular complexity index is 935. The fourth-order valence-corrected chi connectivity index (χ4v) is 4.13. The average Bonchev–Trinajstić information content (AvgIpc) is 2.74. The number of carbonyl (C=O) groups excluding carboxylic acids is 1. The lowest BCUT2D eigenvalue weighted by Crippen LogP contribution is -2.42. The standard InChI is InChI=1S/C22H26FN3O3/c23-18-6-2-4-8-20(18)29-15-22(28)25-11-9-16(10-12-25)14-26-21(27)13-17-5-1-3-7-19(17)24-26/h2,4,6,8,13,16H,1,3,5,7,9-12,14-15H2. The van der Waals surface area contributed by atoms with E-state index in [1.807, 2.05) is 0 Å². The SMILES string of the molecule is O=C(COc1ccccc1F)N1CCC(Cn2nc3c(cc2=O)CCCC3)CC1. The van der Waals surface area contributed by atoms with Gasteiger partial charge in [0.05, 0.1) is 5.69 Å². The number of carbonyl (C=O) groups is 1. The van der Waals surface area contributed by atoms with E-state index in [9.17, 15) is 14.0 Å². The number of rotatable bonds is 5. The first-order valence-corrected chi connectivity index (χ1v) is 10.3. The Hall–Kier alpha value is -2.70. The molecular formula is C22H26FN3O3. The number of ether oxygens (including phenoxy) is 1. The van der Waals surface area contributed by atoms with Crippen molar-refractivity contribution in [3.05, 3.63) is 57.8 Å². The molecule has 2 aliphatic rings. The number of hydrogen-bond acceptors (Lipinski definition) is 4. The molecule has 1 aliphatic carbocycles. The summed E-state index contributed by atoms with van der Waals surface area (Å²) in [7, 11) is 0. The van der Waals surface area contributed by atoms with Crippen molar-refractivity contribution in [2.75, 3.05) is 19.7 Å². The predicted molar refractivity (Wildman–Crippen MR) is 106 cm³/mol. The van der Waals surface area contributed by atoms with Crippen molar-refractivity contribution in [1.29, 1.82) is 0 Å². The van der Waals surface area contributed by atoms with Crippen molar-refractivity contribution < 1.29 is 13.9 Å². The van der Waals surface area contributed by atoms with Crippen LogP contribution in [0.4, 0.5) is 4.39 Å². The van der Waals surface area contributed by atoms with E-state index in [-0.39, 0.29) is 23.8 Å². The van der Waals surface area contributed by atoms with Gasteiger partial charge >= 0.3 is 0 Å². The molecule has 154 valence electrons. The van der Waals surface area contributed by atoms with Crippen LogP contribution in [0, 0.1) is 11.7 Å². The quantitative estimate of drug-likeness (QED) is 0.775. The molecule has 0 unspecified atom stereocenters. The summed E-state index contributed by atoms with van der Waals surface area (Å²) < 4.78 is 20.5. The van der Waals surface area contributed by atoms with Gasteiger partial charge in [0.1, 0.15) is 0 Å². The Balaban J connectivity index is 1.29. The number of hydrogen-bond donors (Lipinski definition) is 0. The maximum atomic E-state index is 13.6. The minimum atomic E-state index is -0.470. The van der Waals surface area contributed by atoms with Gasteiger partial charge in [0, 0.05) is 25.7 Å². The van der Waals surface area contributed by atoms with Gasteiger partial charge in [-0.3, -0.25) is 9.59 Å². The Morgan fingerprint density at radius 2 is 1.93 bits per heavy atom. The lowest BCUT2D eigenvalue weighted by atomic mass is 9.96. The van der Waals surface area contributed by atoms with Gasteiger partial charge in [-0.1, -0.05) is 12.1 Å². The van der Waals surface area contributed by atoms with Gasteiger partial charge in [-0.15, -0.1) is 0 Å². The molecule has 4 rings (SSSR count). The highest BCUT2D eigenvalue weighted by molar-refractivity contribution is 5.77. The molecule has 0 saturated carbocycles. The number of fused-ring (bicyclic) bond motifs is 1. The van der Waals surface area contributed by atoms with E-state index in [0.29, 0.717) is 25.6 Å². The minimum absolute atomic E-state index is 0.0255. The van der Waals surface area contributed by atoms with Crippen LogP contribution in [-0.4, -0.2) is 40.3 Å². The molecule has 1 aliphatic heterocycles. The van der Waals surface area contributed by atoms with Crippen molar-refractivity contribution in [3.8, 4) is 5.75 Å². The number of piperidine rings is 1. The van der Waals surface area contributed by atoms with E-state index in [0.717, 1.165) is 49.8 Å². The Kier molecular flexibility index (Phi) is 5.92. The molecule has 29 heavy (non-hydrogen) atoms. The van der Waals surface area contributed by atoms with E-state index < -0.39 is 5.82 Å². The van der Waals surface area contributed by atoms with Crippen molar-refractivity contribution in [1.82, 2.24) is 14.7 Å². The van der Waals surface area contributed by atoms with Gasteiger partial charge in [0.2, 0.25) is 0 Å². The third-order valence-corrected chi connectivity index (χ3v) is 5.86. The highest BCUT2D eigenvalue weighted by Crippen LogP contribution is 2.21. The zero-order valence-corrected chi connectivity index (χ0v) is 16.5. The highest BCUT2D eigenvalue weighted by atomic mass is 19.1. The number of halogens is 1. The molecule has 1 saturated heterocycles. The summed E-state index contributed by atoms with van der Waals surface area (Å²) >= 11 is 0. The van der Waals surface area contributed by atoms with E-state index in [2.05, 4.69) is 5.10 Å². The third kappa shape index (κ3) is 4.66. The molecule has 0 atom stereocenters. The van der Waals surface area contributed by atoms with Crippen molar-refractivity contribution in [3.63, 3.8) is 0 Å². The minimum Gasteiger partial charge on any atom is -0.481 e. The zero-order chi connectivity index (χ0) is 20.2. The van der Waals surface area contributed by atoms with Gasteiger partial charge in [0.15, 0.2) is 18.2 Å². The van der Waals surface area contributed by atoms with Crippen LogP contribution < -0.4 is 10.3 Å². The van der Waals surface area contributed by atoms with Gasteiger partial charge in [-0.2, -0.15) is 5.10 Å².